The normalized spacial score (nSPS) is 14.8. The number of nitrogen functional groups attached to an aromatic ring is 1. The van der Waals surface area contributed by atoms with E-state index < -0.39 is 0 Å². The topological polar surface area (TPSA) is 75.3 Å². The van der Waals surface area contributed by atoms with Crippen molar-refractivity contribution in [2.75, 3.05) is 36.8 Å². The first-order chi connectivity index (χ1) is 11.6. The number of hydrogen-bond donors (Lipinski definition) is 1. The molecule has 0 spiro atoms. The fourth-order valence-electron chi connectivity index (χ4n) is 2.68. The number of aromatic nitrogens is 2. The van der Waals surface area contributed by atoms with Gasteiger partial charge in [-0.15, -0.1) is 0 Å². The Balaban J connectivity index is 1.62. The number of nitrogens with zero attached hydrogens (tertiary/aromatic N) is 4. The fraction of sp³-hybridized carbons (Fsp3) is 0.312. The van der Waals surface area contributed by atoms with Gasteiger partial charge in [0, 0.05) is 26.2 Å². The van der Waals surface area contributed by atoms with Gasteiger partial charge in [0.15, 0.2) is 5.82 Å². The first-order valence-corrected chi connectivity index (χ1v) is 7.96. The Morgan fingerprint density at radius 3 is 2.62 bits per heavy atom. The lowest BCUT2D eigenvalue weighted by molar-refractivity contribution is -0.130. The Labute approximate surface area is 144 Å². The molecule has 0 atom stereocenters. The SMILES string of the molecule is Nc1ncnc(N2CCN(C(=O)Cc3ccccc3F)CC2)c1Cl. The van der Waals surface area contributed by atoms with Crippen LogP contribution in [0.2, 0.25) is 5.02 Å². The number of nitrogens with two attached hydrogens (primary N) is 1. The molecular formula is C16H17ClFN5O. The number of hydrogen-bond acceptors (Lipinski definition) is 5. The summed E-state index contributed by atoms with van der Waals surface area (Å²) in [6, 6.07) is 6.33. The molecule has 6 nitrogen and oxygen atoms in total. The number of anilines is 2. The van der Waals surface area contributed by atoms with Gasteiger partial charge in [-0.3, -0.25) is 4.79 Å². The second-order valence-corrected chi connectivity index (χ2v) is 5.91. The van der Waals surface area contributed by atoms with Gasteiger partial charge in [-0.1, -0.05) is 29.8 Å². The zero-order chi connectivity index (χ0) is 17.1. The molecule has 24 heavy (non-hydrogen) atoms. The highest BCUT2D eigenvalue weighted by Gasteiger charge is 2.24. The number of piperazine rings is 1. The maximum absolute atomic E-state index is 13.7. The Kier molecular flexibility index (Phi) is 4.80. The van der Waals surface area contributed by atoms with Crippen molar-refractivity contribution in [2.45, 2.75) is 6.42 Å². The van der Waals surface area contributed by atoms with E-state index in [0.717, 1.165) is 0 Å². The highest BCUT2D eigenvalue weighted by molar-refractivity contribution is 6.35. The van der Waals surface area contributed by atoms with E-state index in [1.807, 2.05) is 4.90 Å². The molecule has 1 aromatic carbocycles. The molecule has 1 aliphatic rings. The van der Waals surface area contributed by atoms with Crippen LogP contribution in [0, 0.1) is 5.82 Å². The zero-order valence-electron chi connectivity index (χ0n) is 13.0. The molecule has 0 saturated carbocycles. The Bertz CT molecular complexity index is 749. The summed E-state index contributed by atoms with van der Waals surface area (Å²) in [5.41, 5.74) is 6.11. The number of carbonyl (C=O) groups is 1. The van der Waals surface area contributed by atoms with E-state index in [1.54, 1.807) is 23.1 Å². The van der Waals surface area contributed by atoms with Crippen LogP contribution in [0.15, 0.2) is 30.6 Å². The molecular weight excluding hydrogens is 333 g/mol. The van der Waals surface area contributed by atoms with Crippen LogP contribution in [-0.4, -0.2) is 47.0 Å². The number of carbonyl (C=O) groups excluding carboxylic acids is 1. The van der Waals surface area contributed by atoms with Gasteiger partial charge >= 0.3 is 0 Å². The van der Waals surface area contributed by atoms with Crippen LogP contribution in [0.1, 0.15) is 5.56 Å². The van der Waals surface area contributed by atoms with Crippen molar-refractivity contribution < 1.29 is 9.18 Å². The van der Waals surface area contributed by atoms with Gasteiger partial charge in [0.05, 0.1) is 6.42 Å². The number of halogens is 2. The molecule has 1 aliphatic heterocycles. The van der Waals surface area contributed by atoms with Crippen molar-refractivity contribution in [1.82, 2.24) is 14.9 Å². The summed E-state index contributed by atoms with van der Waals surface area (Å²) in [6.07, 6.45) is 1.43. The zero-order valence-corrected chi connectivity index (χ0v) is 13.7. The number of amides is 1. The van der Waals surface area contributed by atoms with E-state index in [2.05, 4.69) is 9.97 Å². The fourth-order valence-corrected chi connectivity index (χ4v) is 2.90. The molecule has 8 heteroatoms. The van der Waals surface area contributed by atoms with Gasteiger partial charge in [0.1, 0.15) is 23.0 Å². The Hall–Kier alpha value is -2.41. The third kappa shape index (κ3) is 3.41. The smallest absolute Gasteiger partial charge is 0.227 e. The lowest BCUT2D eigenvalue weighted by atomic mass is 10.1. The molecule has 0 radical (unpaired) electrons. The maximum atomic E-state index is 13.7. The van der Waals surface area contributed by atoms with Crippen LogP contribution in [-0.2, 0) is 11.2 Å². The van der Waals surface area contributed by atoms with Crippen LogP contribution in [0.5, 0.6) is 0 Å². The van der Waals surface area contributed by atoms with Crippen LogP contribution in [0.4, 0.5) is 16.0 Å². The van der Waals surface area contributed by atoms with Crippen molar-refractivity contribution >= 4 is 29.1 Å². The van der Waals surface area contributed by atoms with Crippen molar-refractivity contribution in [1.29, 1.82) is 0 Å². The highest BCUT2D eigenvalue weighted by atomic mass is 35.5. The van der Waals surface area contributed by atoms with Gasteiger partial charge in [0.2, 0.25) is 5.91 Å². The van der Waals surface area contributed by atoms with Gasteiger partial charge < -0.3 is 15.5 Å². The molecule has 2 N–H and O–H groups in total. The van der Waals surface area contributed by atoms with Gasteiger partial charge in [-0.05, 0) is 11.6 Å². The lowest BCUT2D eigenvalue weighted by Gasteiger charge is -2.35. The Morgan fingerprint density at radius 1 is 1.21 bits per heavy atom. The third-order valence-electron chi connectivity index (χ3n) is 4.03. The summed E-state index contributed by atoms with van der Waals surface area (Å²) in [4.78, 5) is 24.0. The summed E-state index contributed by atoms with van der Waals surface area (Å²) in [5, 5.41) is 0.323. The summed E-state index contributed by atoms with van der Waals surface area (Å²) in [7, 11) is 0. The molecule has 0 aliphatic carbocycles. The first kappa shape index (κ1) is 16.4. The van der Waals surface area contributed by atoms with Gasteiger partial charge in [-0.2, -0.15) is 0 Å². The molecule has 1 fully saturated rings. The molecule has 1 aromatic heterocycles. The van der Waals surface area contributed by atoms with Crippen LogP contribution < -0.4 is 10.6 Å². The van der Waals surface area contributed by atoms with Crippen molar-refractivity contribution in [3.8, 4) is 0 Å². The molecule has 1 amide bonds. The van der Waals surface area contributed by atoms with Gasteiger partial charge in [-0.25, -0.2) is 14.4 Å². The van der Waals surface area contributed by atoms with E-state index in [4.69, 9.17) is 17.3 Å². The van der Waals surface area contributed by atoms with Crippen molar-refractivity contribution in [2.24, 2.45) is 0 Å². The van der Waals surface area contributed by atoms with E-state index >= 15 is 0 Å². The van der Waals surface area contributed by atoms with Crippen molar-refractivity contribution in [3.63, 3.8) is 0 Å². The number of rotatable bonds is 3. The first-order valence-electron chi connectivity index (χ1n) is 7.58. The minimum Gasteiger partial charge on any atom is -0.382 e. The molecule has 2 aromatic rings. The predicted octanol–water partition coefficient (Wildman–Crippen LogP) is 1.74. The van der Waals surface area contributed by atoms with E-state index in [-0.39, 0.29) is 24.0 Å². The number of benzene rings is 1. The second-order valence-electron chi connectivity index (χ2n) is 5.53. The van der Waals surface area contributed by atoms with E-state index in [0.29, 0.717) is 42.6 Å². The predicted molar refractivity (Wildman–Crippen MR) is 90.4 cm³/mol. The molecule has 0 unspecified atom stereocenters. The minimum atomic E-state index is -0.354. The standard InChI is InChI=1S/C16H17ClFN5O/c17-14-15(19)20-10-21-16(14)23-7-5-22(6-8-23)13(24)9-11-3-1-2-4-12(11)18/h1-4,10H,5-9H2,(H2,19,20,21). The molecule has 126 valence electrons. The monoisotopic (exact) mass is 349 g/mol. The maximum Gasteiger partial charge on any atom is 0.227 e. The minimum absolute atomic E-state index is 0.0634. The lowest BCUT2D eigenvalue weighted by Crippen LogP contribution is -2.49. The second kappa shape index (κ2) is 7.00. The van der Waals surface area contributed by atoms with Crippen LogP contribution >= 0.6 is 11.6 Å². The average Bonchev–Trinajstić information content (AvgIpc) is 2.59. The summed E-state index contributed by atoms with van der Waals surface area (Å²) >= 11 is 6.14. The largest absolute Gasteiger partial charge is 0.382 e. The van der Waals surface area contributed by atoms with Crippen LogP contribution in [0.3, 0.4) is 0 Å². The molecule has 0 bridgehead atoms. The molecule has 1 saturated heterocycles. The van der Waals surface area contributed by atoms with Gasteiger partial charge in [0.25, 0.3) is 0 Å². The summed E-state index contributed by atoms with van der Waals surface area (Å²) < 4.78 is 13.7. The van der Waals surface area contributed by atoms with Crippen molar-refractivity contribution in [3.05, 3.63) is 47.0 Å². The van der Waals surface area contributed by atoms with E-state index in [9.17, 15) is 9.18 Å². The molecule has 3 rings (SSSR count). The average molecular weight is 350 g/mol. The Morgan fingerprint density at radius 2 is 1.92 bits per heavy atom. The summed E-state index contributed by atoms with van der Waals surface area (Å²) in [5.74, 6) is 0.367. The molecule has 2 heterocycles. The van der Waals surface area contributed by atoms with E-state index in [1.165, 1.54) is 12.4 Å². The highest BCUT2D eigenvalue weighted by Crippen LogP contribution is 2.27. The van der Waals surface area contributed by atoms with Crippen LogP contribution in [0.25, 0.3) is 0 Å². The quantitative estimate of drug-likeness (QED) is 0.913. The summed E-state index contributed by atoms with van der Waals surface area (Å²) in [6.45, 7) is 2.21. The third-order valence-corrected chi connectivity index (χ3v) is 4.39.